The standard InChI is InChI=1S/C15H17NO2/c17-13-10-15(14(18)16-13)8-6-12(7-9-15)11-4-2-1-3-5-11/h1-5,12H,6-10H2,(H,16,17,18). The molecule has 3 heteroatoms. The summed E-state index contributed by atoms with van der Waals surface area (Å²) in [6.45, 7) is 0. The van der Waals surface area contributed by atoms with Crippen LogP contribution in [0.2, 0.25) is 0 Å². The monoisotopic (exact) mass is 243 g/mol. The van der Waals surface area contributed by atoms with Crippen molar-refractivity contribution in [3.63, 3.8) is 0 Å². The molecule has 2 amide bonds. The molecule has 1 N–H and O–H groups in total. The van der Waals surface area contributed by atoms with Crippen LogP contribution in [-0.2, 0) is 9.59 Å². The SMILES string of the molecule is O=C1CC2(CCC(c3ccccc3)CC2)C(=O)N1. The van der Waals surface area contributed by atoms with Gasteiger partial charge >= 0.3 is 0 Å². The van der Waals surface area contributed by atoms with Crippen LogP contribution >= 0.6 is 0 Å². The van der Waals surface area contributed by atoms with E-state index in [-0.39, 0.29) is 17.2 Å². The molecule has 1 aromatic carbocycles. The number of nitrogens with one attached hydrogen (secondary N) is 1. The summed E-state index contributed by atoms with van der Waals surface area (Å²) in [6, 6.07) is 10.5. The number of hydrogen-bond donors (Lipinski definition) is 1. The van der Waals surface area contributed by atoms with Crippen LogP contribution < -0.4 is 5.32 Å². The first-order valence-electron chi connectivity index (χ1n) is 6.59. The van der Waals surface area contributed by atoms with Gasteiger partial charge in [0.2, 0.25) is 11.8 Å². The van der Waals surface area contributed by atoms with Crippen LogP contribution in [0.4, 0.5) is 0 Å². The minimum absolute atomic E-state index is 0.0426. The van der Waals surface area contributed by atoms with Crippen LogP contribution in [0.3, 0.4) is 0 Å². The van der Waals surface area contributed by atoms with Gasteiger partial charge in [-0.3, -0.25) is 14.9 Å². The van der Waals surface area contributed by atoms with E-state index in [0.717, 1.165) is 25.7 Å². The molecule has 1 aliphatic heterocycles. The maximum absolute atomic E-state index is 11.9. The van der Waals surface area contributed by atoms with Gasteiger partial charge in [-0.15, -0.1) is 0 Å². The van der Waals surface area contributed by atoms with E-state index in [4.69, 9.17) is 0 Å². The van der Waals surface area contributed by atoms with Gasteiger partial charge < -0.3 is 0 Å². The highest BCUT2D eigenvalue weighted by Crippen LogP contribution is 2.47. The van der Waals surface area contributed by atoms with Gasteiger partial charge in [-0.1, -0.05) is 30.3 Å². The van der Waals surface area contributed by atoms with E-state index in [1.54, 1.807) is 0 Å². The minimum atomic E-state index is -0.387. The van der Waals surface area contributed by atoms with Gasteiger partial charge in [0.25, 0.3) is 0 Å². The van der Waals surface area contributed by atoms with E-state index in [1.165, 1.54) is 5.56 Å². The Balaban J connectivity index is 1.72. The molecule has 0 unspecified atom stereocenters. The lowest BCUT2D eigenvalue weighted by molar-refractivity contribution is -0.129. The third-order valence-electron chi connectivity index (χ3n) is 4.45. The van der Waals surface area contributed by atoms with Crippen molar-refractivity contribution in [2.24, 2.45) is 5.41 Å². The van der Waals surface area contributed by atoms with Crippen LogP contribution in [0.25, 0.3) is 0 Å². The summed E-state index contributed by atoms with van der Waals surface area (Å²) >= 11 is 0. The Morgan fingerprint density at radius 2 is 1.72 bits per heavy atom. The molecule has 1 heterocycles. The Morgan fingerprint density at radius 1 is 1.06 bits per heavy atom. The van der Waals surface area contributed by atoms with E-state index in [2.05, 4.69) is 29.6 Å². The predicted octanol–water partition coefficient (Wildman–Crippen LogP) is 2.38. The average molecular weight is 243 g/mol. The number of hydrogen-bond acceptors (Lipinski definition) is 2. The molecular weight excluding hydrogens is 226 g/mol. The Hall–Kier alpha value is -1.64. The molecule has 1 aromatic rings. The van der Waals surface area contributed by atoms with E-state index in [0.29, 0.717) is 12.3 Å². The molecule has 1 saturated heterocycles. The maximum atomic E-state index is 11.9. The first-order valence-corrected chi connectivity index (χ1v) is 6.59. The fraction of sp³-hybridized carbons (Fsp3) is 0.467. The van der Waals surface area contributed by atoms with Crippen LogP contribution in [0.5, 0.6) is 0 Å². The second-order valence-electron chi connectivity index (χ2n) is 5.52. The lowest BCUT2D eigenvalue weighted by atomic mass is 9.68. The first kappa shape index (κ1) is 11.5. The van der Waals surface area contributed by atoms with Gasteiger partial charge in [-0.2, -0.15) is 0 Å². The lowest BCUT2D eigenvalue weighted by Crippen LogP contribution is -2.34. The Morgan fingerprint density at radius 3 is 2.28 bits per heavy atom. The smallest absolute Gasteiger partial charge is 0.233 e. The highest BCUT2D eigenvalue weighted by atomic mass is 16.2. The van der Waals surface area contributed by atoms with Gasteiger partial charge in [-0.05, 0) is 37.2 Å². The van der Waals surface area contributed by atoms with Gasteiger partial charge in [0.05, 0.1) is 5.41 Å². The molecule has 18 heavy (non-hydrogen) atoms. The summed E-state index contributed by atoms with van der Waals surface area (Å²) in [5.41, 5.74) is 0.972. The van der Waals surface area contributed by atoms with Crippen molar-refractivity contribution < 1.29 is 9.59 Å². The predicted molar refractivity (Wildman–Crippen MR) is 67.9 cm³/mol. The van der Waals surface area contributed by atoms with E-state index in [9.17, 15) is 9.59 Å². The molecule has 1 aliphatic carbocycles. The van der Waals surface area contributed by atoms with E-state index in [1.807, 2.05) is 6.07 Å². The van der Waals surface area contributed by atoms with Gasteiger partial charge in [0.15, 0.2) is 0 Å². The summed E-state index contributed by atoms with van der Waals surface area (Å²) in [6.07, 6.45) is 4.08. The largest absolute Gasteiger partial charge is 0.296 e. The van der Waals surface area contributed by atoms with Gasteiger partial charge in [0, 0.05) is 6.42 Å². The van der Waals surface area contributed by atoms with Crippen molar-refractivity contribution in [3.8, 4) is 0 Å². The normalized spacial score (nSPS) is 31.7. The second-order valence-corrected chi connectivity index (χ2v) is 5.52. The van der Waals surface area contributed by atoms with E-state index < -0.39 is 0 Å². The number of carbonyl (C=O) groups is 2. The number of imide groups is 1. The summed E-state index contributed by atoms with van der Waals surface area (Å²) in [4.78, 5) is 23.2. The molecule has 1 saturated carbocycles. The summed E-state index contributed by atoms with van der Waals surface area (Å²) < 4.78 is 0. The van der Waals surface area contributed by atoms with Crippen molar-refractivity contribution in [2.45, 2.75) is 38.0 Å². The van der Waals surface area contributed by atoms with Gasteiger partial charge in [0.1, 0.15) is 0 Å². The Bertz CT molecular complexity index is 473. The quantitative estimate of drug-likeness (QED) is 0.770. The van der Waals surface area contributed by atoms with Gasteiger partial charge in [-0.25, -0.2) is 0 Å². The lowest BCUT2D eigenvalue weighted by Gasteiger charge is -2.34. The second kappa shape index (κ2) is 4.23. The molecule has 0 radical (unpaired) electrons. The summed E-state index contributed by atoms with van der Waals surface area (Å²) in [7, 11) is 0. The molecule has 0 aromatic heterocycles. The Kier molecular flexibility index (Phi) is 2.69. The van der Waals surface area contributed by atoms with Crippen molar-refractivity contribution >= 4 is 11.8 Å². The highest BCUT2D eigenvalue weighted by molar-refractivity contribution is 6.05. The molecule has 3 rings (SSSR count). The van der Waals surface area contributed by atoms with Crippen molar-refractivity contribution in [3.05, 3.63) is 35.9 Å². The fourth-order valence-corrected chi connectivity index (χ4v) is 3.32. The zero-order valence-electron chi connectivity index (χ0n) is 10.3. The third kappa shape index (κ3) is 1.84. The topological polar surface area (TPSA) is 46.2 Å². The van der Waals surface area contributed by atoms with Crippen LogP contribution in [0.15, 0.2) is 30.3 Å². The number of benzene rings is 1. The zero-order valence-corrected chi connectivity index (χ0v) is 10.3. The molecule has 0 bridgehead atoms. The highest BCUT2D eigenvalue weighted by Gasteiger charge is 2.48. The zero-order chi connectivity index (χ0) is 12.6. The molecule has 2 aliphatic rings. The van der Waals surface area contributed by atoms with E-state index >= 15 is 0 Å². The number of amides is 2. The molecule has 1 spiro atoms. The molecule has 94 valence electrons. The molecule has 3 nitrogen and oxygen atoms in total. The maximum Gasteiger partial charge on any atom is 0.233 e. The molecule has 2 fully saturated rings. The number of rotatable bonds is 1. The van der Waals surface area contributed by atoms with Crippen LogP contribution in [-0.4, -0.2) is 11.8 Å². The van der Waals surface area contributed by atoms with Crippen molar-refractivity contribution in [2.75, 3.05) is 0 Å². The number of carbonyl (C=O) groups excluding carboxylic acids is 2. The summed E-state index contributed by atoms with van der Waals surface area (Å²) in [5, 5.41) is 2.45. The fourth-order valence-electron chi connectivity index (χ4n) is 3.32. The van der Waals surface area contributed by atoms with Crippen molar-refractivity contribution in [1.29, 1.82) is 0 Å². The van der Waals surface area contributed by atoms with Crippen molar-refractivity contribution in [1.82, 2.24) is 5.32 Å². The third-order valence-corrected chi connectivity index (χ3v) is 4.45. The summed E-state index contributed by atoms with van der Waals surface area (Å²) in [5.74, 6) is 0.400. The first-order chi connectivity index (χ1) is 8.70. The average Bonchev–Trinajstić information content (AvgIpc) is 2.66. The van der Waals surface area contributed by atoms with Crippen LogP contribution in [0, 0.1) is 5.41 Å². The van der Waals surface area contributed by atoms with Crippen LogP contribution in [0.1, 0.15) is 43.6 Å². The molecule has 0 atom stereocenters. The molecular formula is C15H17NO2. The Labute approximate surface area is 107 Å². The minimum Gasteiger partial charge on any atom is -0.296 e.